The van der Waals surface area contributed by atoms with Crippen molar-refractivity contribution in [3.05, 3.63) is 102 Å². The smallest absolute Gasteiger partial charge is 0.274 e. The number of carbonyl (C=O) groups is 2. The number of benzene rings is 2. The van der Waals surface area contributed by atoms with Crippen LogP contribution < -0.4 is 15.4 Å². The number of rotatable bonds is 7. The van der Waals surface area contributed by atoms with Gasteiger partial charge in [-0.2, -0.15) is 0 Å². The highest BCUT2D eigenvalue weighted by molar-refractivity contribution is 6.03. The van der Waals surface area contributed by atoms with Gasteiger partial charge in [-0.1, -0.05) is 6.07 Å². The molecule has 0 unspecified atom stereocenters. The van der Waals surface area contributed by atoms with Gasteiger partial charge in [0.15, 0.2) is 5.82 Å². The summed E-state index contributed by atoms with van der Waals surface area (Å²) in [4.78, 5) is 33.6. The van der Waals surface area contributed by atoms with Crippen LogP contribution in [0.1, 0.15) is 28.9 Å². The lowest BCUT2D eigenvalue weighted by Crippen LogP contribution is -2.15. The average molecular weight is 540 g/mol. The highest BCUT2D eigenvalue weighted by atomic mass is 19.1. The number of imidazole rings is 1. The van der Waals surface area contributed by atoms with Crippen LogP contribution in [0.25, 0.3) is 16.9 Å². The van der Waals surface area contributed by atoms with Crippen LogP contribution in [0.3, 0.4) is 0 Å². The zero-order valence-corrected chi connectivity index (χ0v) is 21.3. The summed E-state index contributed by atoms with van der Waals surface area (Å²) in [7, 11) is 0. The lowest BCUT2D eigenvalue weighted by Gasteiger charge is -2.11. The van der Waals surface area contributed by atoms with Gasteiger partial charge in [0, 0.05) is 17.5 Å². The Balaban J connectivity index is 1.15. The number of aromatic nitrogens is 3. The lowest BCUT2D eigenvalue weighted by molar-refractivity contribution is -0.117. The number of fused-ring (bicyclic) bond motifs is 1. The van der Waals surface area contributed by atoms with E-state index >= 15 is 0 Å². The van der Waals surface area contributed by atoms with Gasteiger partial charge in [0.05, 0.1) is 23.8 Å². The van der Waals surface area contributed by atoms with Crippen molar-refractivity contribution in [3.8, 4) is 22.8 Å². The molecular weight excluding hydrogens is 516 g/mol. The number of nitrogens with zero attached hydrogens (tertiary/aromatic N) is 3. The molecule has 0 atom stereocenters. The van der Waals surface area contributed by atoms with Crippen LogP contribution >= 0.6 is 0 Å². The first-order chi connectivity index (χ1) is 19.3. The van der Waals surface area contributed by atoms with Crippen molar-refractivity contribution in [2.45, 2.75) is 19.8 Å². The Labute approximate surface area is 227 Å². The quantitative estimate of drug-likeness (QED) is 0.250. The summed E-state index contributed by atoms with van der Waals surface area (Å²) < 4.78 is 35.8. The number of amides is 2. The molecule has 5 aromatic rings. The zero-order valence-electron chi connectivity index (χ0n) is 21.3. The molecule has 3 heterocycles. The van der Waals surface area contributed by atoms with E-state index in [4.69, 9.17) is 4.74 Å². The molecule has 200 valence electrons. The highest BCUT2D eigenvalue weighted by Gasteiger charge is 2.30. The summed E-state index contributed by atoms with van der Waals surface area (Å²) in [5.74, 6) is -0.511. The van der Waals surface area contributed by atoms with E-state index in [-0.39, 0.29) is 34.8 Å². The summed E-state index contributed by atoms with van der Waals surface area (Å²) in [5.41, 5.74) is 2.67. The number of carbonyl (C=O) groups excluding carboxylic acids is 2. The molecule has 10 heteroatoms. The fourth-order valence-corrected chi connectivity index (χ4v) is 4.20. The molecule has 1 aliphatic carbocycles. The fourth-order valence-electron chi connectivity index (χ4n) is 4.20. The number of ether oxygens (including phenoxy) is 1. The van der Waals surface area contributed by atoms with Gasteiger partial charge in [0.25, 0.3) is 5.91 Å². The molecule has 0 spiro atoms. The number of hydrogen-bond acceptors (Lipinski definition) is 5. The summed E-state index contributed by atoms with van der Waals surface area (Å²) in [6.07, 6.45) is 5.15. The minimum Gasteiger partial charge on any atom is -0.456 e. The molecule has 1 aliphatic rings. The first-order valence-corrected chi connectivity index (χ1v) is 12.6. The normalized spacial score (nSPS) is 12.8. The monoisotopic (exact) mass is 539 g/mol. The van der Waals surface area contributed by atoms with Crippen LogP contribution in [-0.2, 0) is 4.79 Å². The van der Waals surface area contributed by atoms with E-state index < -0.39 is 11.7 Å². The van der Waals surface area contributed by atoms with Gasteiger partial charge in [0.1, 0.15) is 34.5 Å². The Kier molecular flexibility index (Phi) is 6.43. The number of hydrogen-bond donors (Lipinski definition) is 2. The van der Waals surface area contributed by atoms with Crippen LogP contribution in [0.2, 0.25) is 0 Å². The standard InChI is InChI=1S/C30H23F2N5O3/c1-17-2-11-25(33-28(17)18-5-7-20(31)8-6-18)30(39)34-24-12-9-21(14-23(24)32)40-22-10-13-27-35-26(16-37(27)15-22)36-29(38)19-3-4-19/h2,5-16,19H,3-4H2,1H3,(H,34,39)(H,36,38). The fraction of sp³-hybridized carbons (Fsp3) is 0.133. The summed E-state index contributed by atoms with van der Waals surface area (Å²) in [5, 5.41) is 5.35. The number of nitrogens with one attached hydrogen (secondary N) is 2. The van der Waals surface area contributed by atoms with Gasteiger partial charge in [0.2, 0.25) is 5.91 Å². The van der Waals surface area contributed by atoms with Gasteiger partial charge >= 0.3 is 0 Å². The minimum atomic E-state index is -0.689. The van der Waals surface area contributed by atoms with E-state index in [0.29, 0.717) is 28.5 Å². The molecule has 2 amide bonds. The molecule has 2 aromatic carbocycles. The van der Waals surface area contributed by atoms with E-state index in [0.717, 1.165) is 18.4 Å². The summed E-state index contributed by atoms with van der Waals surface area (Å²) >= 11 is 0. The third-order valence-electron chi connectivity index (χ3n) is 6.50. The second kappa shape index (κ2) is 10.2. The Bertz CT molecular complexity index is 1760. The highest BCUT2D eigenvalue weighted by Crippen LogP contribution is 2.31. The summed E-state index contributed by atoms with van der Waals surface area (Å²) in [6, 6.07) is 16.6. The van der Waals surface area contributed by atoms with Gasteiger partial charge in [-0.05, 0) is 79.9 Å². The van der Waals surface area contributed by atoms with Crippen LogP contribution in [0.5, 0.6) is 11.5 Å². The van der Waals surface area contributed by atoms with Gasteiger partial charge < -0.3 is 19.8 Å². The number of aryl methyl sites for hydroxylation is 1. The molecular formula is C30H23F2N5O3. The maximum atomic E-state index is 14.9. The Morgan fingerprint density at radius 1 is 0.900 bits per heavy atom. The minimum absolute atomic E-state index is 0.0333. The van der Waals surface area contributed by atoms with Crippen LogP contribution in [0.15, 0.2) is 79.1 Å². The Hall–Kier alpha value is -5.12. The Morgan fingerprint density at radius 3 is 2.42 bits per heavy atom. The first kappa shape index (κ1) is 25.2. The van der Waals surface area contributed by atoms with E-state index in [2.05, 4.69) is 20.6 Å². The van der Waals surface area contributed by atoms with Crippen molar-refractivity contribution in [1.82, 2.24) is 14.4 Å². The van der Waals surface area contributed by atoms with E-state index in [1.165, 1.54) is 30.3 Å². The molecule has 3 aromatic heterocycles. The van der Waals surface area contributed by atoms with E-state index in [1.807, 2.05) is 6.92 Å². The second-order valence-corrected chi connectivity index (χ2v) is 9.59. The van der Waals surface area contributed by atoms with Gasteiger partial charge in [-0.15, -0.1) is 0 Å². The number of pyridine rings is 2. The van der Waals surface area contributed by atoms with Crippen LogP contribution in [0.4, 0.5) is 20.3 Å². The third kappa shape index (κ3) is 5.37. The van der Waals surface area contributed by atoms with Crippen molar-refractivity contribution < 1.29 is 23.1 Å². The molecule has 1 saturated carbocycles. The third-order valence-corrected chi connectivity index (χ3v) is 6.50. The lowest BCUT2D eigenvalue weighted by atomic mass is 10.1. The molecule has 8 nitrogen and oxygen atoms in total. The molecule has 6 rings (SSSR count). The first-order valence-electron chi connectivity index (χ1n) is 12.6. The molecule has 0 radical (unpaired) electrons. The molecule has 40 heavy (non-hydrogen) atoms. The second-order valence-electron chi connectivity index (χ2n) is 9.59. The average Bonchev–Trinajstić information content (AvgIpc) is 3.72. The predicted molar refractivity (Wildman–Crippen MR) is 145 cm³/mol. The Morgan fingerprint density at radius 2 is 1.68 bits per heavy atom. The van der Waals surface area contributed by atoms with Crippen molar-refractivity contribution >= 4 is 29.0 Å². The topological polar surface area (TPSA) is 97.6 Å². The van der Waals surface area contributed by atoms with E-state index in [9.17, 15) is 18.4 Å². The molecule has 1 fully saturated rings. The predicted octanol–water partition coefficient (Wildman–Crippen LogP) is 6.38. The maximum Gasteiger partial charge on any atom is 0.274 e. The molecule has 0 saturated heterocycles. The van der Waals surface area contributed by atoms with Crippen molar-refractivity contribution in [2.24, 2.45) is 5.92 Å². The van der Waals surface area contributed by atoms with Crippen molar-refractivity contribution in [3.63, 3.8) is 0 Å². The van der Waals surface area contributed by atoms with Gasteiger partial charge in [-0.3, -0.25) is 9.59 Å². The molecule has 0 bridgehead atoms. The van der Waals surface area contributed by atoms with Gasteiger partial charge in [-0.25, -0.2) is 18.7 Å². The maximum absolute atomic E-state index is 14.9. The molecule has 2 N–H and O–H groups in total. The largest absolute Gasteiger partial charge is 0.456 e. The number of anilines is 2. The van der Waals surface area contributed by atoms with Crippen molar-refractivity contribution in [1.29, 1.82) is 0 Å². The van der Waals surface area contributed by atoms with Crippen LogP contribution in [0, 0.1) is 24.5 Å². The zero-order chi connectivity index (χ0) is 27.8. The summed E-state index contributed by atoms with van der Waals surface area (Å²) in [6.45, 7) is 1.84. The van der Waals surface area contributed by atoms with Crippen LogP contribution in [-0.4, -0.2) is 26.2 Å². The van der Waals surface area contributed by atoms with Crippen molar-refractivity contribution in [2.75, 3.05) is 10.6 Å². The van der Waals surface area contributed by atoms with E-state index in [1.54, 1.807) is 53.2 Å². The SMILES string of the molecule is Cc1ccc(C(=O)Nc2ccc(Oc3ccc4nc(NC(=O)C5CC5)cn4c3)cc2F)nc1-c1ccc(F)cc1. The molecule has 0 aliphatic heterocycles. The number of halogens is 2.